The first-order chi connectivity index (χ1) is 6.70. The van der Waals surface area contributed by atoms with Crippen LogP contribution >= 0.6 is 11.6 Å². The van der Waals surface area contributed by atoms with E-state index in [2.05, 4.69) is 0 Å². The number of aromatic hydroxyl groups is 2. The molecule has 1 aromatic rings. The van der Waals surface area contributed by atoms with Crippen LogP contribution in [0.4, 0.5) is 0 Å². The fourth-order valence-electron chi connectivity index (χ4n) is 2.17. The van der Waals surface area contributed by atoms with E-state index in [0.29, 0.717) is 0 Å². The Morgan fingerprint density at radius 1 is 1.21 bits per heavy atom. The summed E-state index contributed by atoms with van der Waals surface area (Å²) in [5.74, 6) is 0.0652. The average Bonchev–Trinajstić information content (AvgIpc) is 2.43. The van der Waals surface area contributed by atoms with Gasteiger partial charge < -0.3 is 10.2 Å². The molecular formula is C10H14ClNO2. The molecule has 14 heavy (non-hydrogen) atoms. The molecule has 1 saturated carbocycles. The van der Waals surface area contributed by atoms with Gasteiger partial charge >= 0.3 is 0 Å². The third kappa shape index (κ3) is 1.57. The van der Waals surface area contributed by atoms with Gasteiger partial charge in [-0.15, -0.1) is 0 Å². The van der Waals surface area contributed by atoms with Gasteiger partial charge in [-0.3, -0.25) is 4.57 Å². The Labute approximate surface area is 87.9 Å². The molecular weight excluding hydrogens is 202 g/mol. The van der Waals surface area contributed by atoms with Crippen molar-refractivity contribution in [3.05, 3.63) is 11.1 Å². The van der Waals surface area contributed by atoms with Gasteiger partial charge in [-0.25, -0.2) is 0 Å². The summed E-state index contributed by atoms with van der Waals surface area (Å²) < 4.78 is 1.54. The number of aromatic nitrogens is 1. The Morgan fingerprint density at radius 3 is 2.36 bits per heavy atom. The van der Waals surface area contributed by atoms with Gasteiger partial charge in [0.25, 0.3) is 0 Å². The van der Waals surface area contributed by atoms with Crippen LogP contribution in [-0.2, 0) is 0 Å². The third-order valence-electron chi connectivity index (χ3n) is 2.88. The first-order valence-corrected chi connectivity index (χ1v) is 5.36. The lowest BCUT2D eigenvalue weighted by Gasteiger charge is -2.24. The predicted octanol–water partition coefficient (Wildman–Crippen LogP) is 3.06. The highest BCUT2D eigenvalue weighted by atomic mass is 35.5. The smallest absolute Gasteiger partial charge is 0.213 e. The van der Waals surface area contributed by atoms with E-state index in [-0.39, 0.29) is 22.8 Å². The quantitative estimate of drug-likeness (QED) is 0.756. The van der Waals surface area contributed by atoms with Crippen molar-refractivity contribution in [1.29, 1.82) is 0 Å². The lowest BCUT2D eigenvalue weighted by atomic mass is 9.95. The molecule has 0 spiro atoms. The molecule has 1 aliphatic rings. The van der Waals surface area contributed by atoms with Crippen LogP contribution in [0.2, 0.25) is 5.02 Å². The normalized spacial score (nSPS) is 18.6. The molecule has 1 heterocycles. The Hall–Kier alpha value is -0.830. The number of hydrogen-bond donors (Lipinski definition) is 2. The van der Waals surface area contributed by atoms with Gasteiger partial charge in [0.15, 0.2) is 5.88 Å². The second-order valence-electron chi connectivity index (χ2n) is 3.84. The van der Waals surface area contributed by atoms with Gasteiger partial charge in [-0.2, -0.15) is 0 Å². The number of nitrogens with zero attached hydrogens (tertiary/aromatic N) is 1. The van der Waals surface area contributed by atoms with E-state index < -0.39 is 0 Å². The van der Waals surface area contributed by atoms with Crippen LogP contribution in [0.3, 0.4) is 0 Å². The molecule has 0 saturated heterocycles. The molecule has 0 atom stereocenters. The highest BCUT2D eigenvalue weighted by Crippen LogP contribution is 2.39. The second kappa shape index (κ2) is 3.73. The average molecular weight is 216 g/mol. The molecule has 0 radical (unpaired) electrons. The molecule has 0 aliphatic heterocycles. The van der Waals surface area contributed by atoms with Crippen molar-refractivity contribution in [3.63, 3.8) is 0 Å². The van der Waals surface area contributed by atoms with Crippen molar-refractivity contribution < 1.29 is 10.2 Å². The zero-order valence-electron chi connectivity index (χ0n) is 7.91. The van der Waals surface area contributed by atoms with Crippen molar-refractivity contribution in [1.82, 2.24) is 4.57 Å². The molecule has 2 rings (SSSR count). The lowest BCUT2D eigenvalue weighted by Crippen LogP contribution is -2.11. The van der Waals surface area contributed by atoms with Crippen LogP contribution in [0.25, 0.3) is 0 Å². The van der Waals surface area contributed by atoms with Gasteiger partial charge in [-0.1, -0.05) is 30.9 Å². The predicted molar refractivity (Wildman–Crippen MR) is 54.9 cm³/mol. The molecule has 0 unspecified atom stereocenters. The Bertz CT molecular complexity index is 329. The van der Waals surface area contributed by atoms with Crippen molar-refractivity contribution in [2.24, 2.45) is 0 Å². The first-order valence-electron chi connectivity index (χ1n) is 4.99. The highest BCUT2D eigenvalue weighted by Gasteiger charge is 2.22. The van der Waals surface area contributed by atoms with Gasteiger partial charge in [0.2, 0.25) is 5.88 Å². The minimum atomic E-state index is -0.00364. The molecule has 1 aliphatic carbocycles. The van der Waals surface area contributed by atoms with Gasteiger partial charge in [0, 0.05) is 12.1 Å². The number of halogens is 1. The maximum atomic E-state index is 9.64. The topological polar surface area (TPSA) is 45.4 Å². The van der Waals surface area contributed by atoms with E-state index in [9.17, 15) is 10.2 Å². The zero-order chi connectivity index (χ0) is 10.1. The van der Waals surface area contributed by atoms with E-state index >= 15 is 0 Å². The fourth-order valence-corrected chi connectivity index (χ4v) is 2.36. The van der Waals surface area contributed by atoms with Crippen molar-refractivity contribution >= 4 is 11.6 Å². The standard InChI is InChI=1S/C10H14ClNO2/c11-8-6-9(13)12(10(8)14)7-4-2-1-3-5-7/h6-7,13-14H,1-5H2. The van der Waals surface area contributed by atoms with E-state index in [4.69, 9.17) is 11.6 Å². The summed E-state index contributed by atoms with van der Waals surface area (Å²) in [5.41, 5.74) is 0. The SMILES string of the molecule is Oc1cc(Cl)c(O)n1C1CCCCC1. The van der Waals surface area contributed by atoms with Crippen LogP contribution in [0, 0.1) is 0 Å². The van der Waals surface area contributed by atoms with Crippen molar-refractivity contribution in [3.8, 4) is 11.8 Å². The van der Waals surface area contributed by atoms with Gasteiger partial charge in [0.1, 0.15) is 5.02 Å². The summed E-state index contributed by atoms with van der Waals surface area (Å²) in [6.45, 7) is 0. The van der Waals surface area contributed by atoms with E-state index in [1.165, 1.54) is 12.5 Å². The Morgan fingerprint density at radius 2 is 1.86 bits per heavy atom. The molecule has 1 fully saturated rings. The summed E-state index contributed by atoms with van der Waals surface area (Å²) in [4.78, 5) is 0. The molecule has 3 nitrogen and oxygen atoms in total. The summed E-state index contributed by atoms with van der Waals surface area (Å²) in [6, 6.07) is 1.60. The third-order valence-corrected chi connectivity index (χ3v) is 3.16. The second-order valence-corrected chi connectivity index (χ2v) is 4.24. The maximum absolute atomic E-state index is 9.64. The molecule has 0 amide bonds. The van der Waals surface area contributed by atoms with Crippen LogP contribution in [0.15, 0.2) is 6.07 Å². The van der Waals surface area contributed by atoms with Crippen LogP contribution < -0.4 is 0 Å². The minimum absolute atomic E-state index is 0.00364. The van der Waals surface area contributed by atoms with E-state index in [0.717, 1.165) is 25.7 Å². The van der Waals surface area contributed by atoms with Crippen LogP contribution in [0.5, 0.6) is 11.8 Å². The lowest BCUT2D eigenvalue weighted by molar-refractivity contribution is 0.282. The Balaban J connectivity index is 2.29. The molecule has 0 bridgehead atoms. The Kier molecular flexibility index (Phi) is 2.59. The summed E-state index contributed by atoms with van der Waals surface area (Å²) in [7, 11) is 0. The monoisotopic (exact) mass is 215 g/mol. The molecule has 78 valence electrons. The van der Waals surface area contributed by atoms with Crippen molar-refractivity contribution in [2.45, 2.75) is 38.1 Å². The first kappa shape index (κ1) is 9.71. The molecule has 2 N–H and O–H groups in total. The largest absolute Gasteiger partial charge is 0.494 e. The minimum Gasteiger partial charge on any atom is -0.494 e. The molecule has 1 aromatic heterocycles. The zero-order valence-corrected chi connectivity index (χ0v) is 8.67. The highest BCUT2D eigenvalue weighted by molar-refractivity contribution is 6.32. The van der Waals surface area contributed by atoms with Crippen LogP contribution in [-0.4, -0.2) is 14.8 Å². The number of hydrogen-bond acceptors (Lipinski definition) is 2. The maximum Gasteiger partial charge on any atom is 0.213 e. The number of rotatable bonds is 1. The van der Waals surface area contributed by atoms with Gasteiger partial charge in [-0.05, 0) is 12.8 Å². The van der Waals surface area contributed by atoms with E-state index in [1.54, 1.807) is 4.57 Å². The summed E-state index contributed by atoms with van der Waals surface area (Å²) >= 11 is 5.72. The van der Waals surface area contributed by atoms with Crippen molar-refractivity contribution in [2.75, 3.05) is 0 Å². The molecule has 4 heteroatoms. The summed E-state index contributed by atoms with van der Waals surface area (Å²) in [5, 5.41) is 19.5. The fraction of sp³-hybridized carbons (Fsp3) is 0.600. The molecule has 0 aromatic carbocycles. The van der Waals surface area contributed by atoms with Crippen LogP contribution in [0.1, 0.15) is 38.1 Å². The van der Waals surface area contributed by atoms with Gasteiger partial charge in [0.05, 0.1) is 0 Å². The summed E-state index contributed by atoms with van der Waals surface area (Å²) in [6.07, 6.45) is 5.56. The van der Waals surface area contributed by atoms with E-state index in [1.807, 2.05) is 0 Å².